The predicted molar refractivity (Wildman–Crippen MR) is 74.6 cm³/mol. The lowest BCUT2D eigenvalue weighted by atomic mass is 10.1. The third-order valence-corrected chi connectivity index (χ3v) is 3.67. The summed E-state index contributed by atoms with van der Waals surface area (Å²) in [5.41, 5.74) is 2.00. The van der Waals surface area contributed by atoms with Crippen molar-refractivity contribution in [2.24, 2.45) is 5.92 Å². The van der Waals surface area contributed by atoms with Gasteiger partial charge < -0.3 is 5.11 Å². The Morgan fingerprint density at radius 3 is 2.80 bits per heavy atom. The summed E-state index contributed by atoms with van der Waals surface area (Å²) < 4.78 is 1.85. The number of carboxylic acid groups (broad SMARTS) is 1. The van der Waals surface area contributed by atoms with E-state index < -0.39 is 5.97 Å². The largest absolute Gasteiger partial charge is 0.481 e. The van der Waals surface area contributed by atoms with Crippen molar-refractivity contribution in [1.82, 2.24) is 14.7 Å². The van der Waals surface area contributed by atoms with E-state index in [2.05, 4.69) is 10.00 Å². The molecule has 104 valence electrons. The molecule has 0 bridgehead atoms. The number of likely N-dealkylation sites (tertiary alicyclic amines) is 1. The topological polar surface area (TPSA) is 58.4 Å². The lowest BCUT2D eigenvalue weighted by molar-refractivity contribution is -0.141. The minimum absolute atomic E-state index is 0.230. The summed E-state index contributed by atoms with van der Waals surface area (Å²) >= 11 is 0. The summed E-state index contributed by atoms with van der Waals surface area (Å²) in [5.74, 6) is -0.923. The lowest BCUT2D eigenvalue weighted by Crippen LogP contribution is -2.23. The number of nitrogens with zero attached hydrogens (tertiary/aromatic N) is 3. The minimum atomic E-state index is -0.692. The third-order valence-electron chi connectivity index (χ3n) is 3.67. The van der Waals surface area contributed by atoms with Crippen molar-refractivity contribution >= 4 is 5.97 Å². The second-order valence-electron chi connectivity index (χ2n) is 5.15. The first kappa shape index (κ1) is 12.9. The Balaban J connectivity index is 1.65. The first-order chi connectivity index (χ1) is 9.72. The molecular weight excluding hydrogens is 254 g/mol. The van der Waals surface area contributed by atoms with Gasteiger partial charge in [0.25, 0.3) is 0 Å². The van der Waals surface area contributed by atoms with E-state index in [9.17, 15) is 4.79 Å². The number of para-hydroxylation sites is 1. The van der Waals surface area contributed by atoms with Crippen LogP contribution in [0.15, 0.2) is 42.6 Å². The monoisotopic (exact) mass is 271 g/mol. The summed E-state index contributed by atoms with van der Waals surface area (Å²) in [6.07, 6.45) is 2.67. The molecule has 1 aliphatic heterocycles. The zero-order chi connectivity index (χ0) is 13.9. The molecule has 5 nitrogen and oxygen atoms in total. The molecule has 5 heteroatoms. The highest BCUT2D eigenvalue weighted by atomic mass is 16.4. The number of benzene rings is 1. The fraction of sp³-hybridized carbons (Fsp3) is 0.333. The van der Waals surface area contributed by atoms with Crippen molar-refractivity contribution in [3.8, 4) is 5.69 Å². The number of rotatable bonds is 4. The standard InChI is InChI=1S/C15H17N3O2/c19-15(20)12-6-8-17(10-12)11-13-7-9-18(16-13)14-4-2-1-3-5-14/h1-5,7,9,12H,6,8,10-11H2,(H,19,20). The molecule has 1 N–H and O–H groups in total. The van der Waals surface area contributed by atoms with Crippen molar-refractivity contribution < 1.29 is 9.90 Å². The molecule has 20 heavy (non-hydrogen) atoms. The van der Waals surface area contributed by atoms with Gasteiger partial charge in [-0.3, -0.25) is 9.69 Å². The van der Waals surface area contributed by atoms with Crippen LogP contribution in [0.5, 0.6) is 0 Å². The highest BCUT2D eigenvalue weighted by Crippen LogP contribution is 2.18. The fourth-order valence-corrected chi connectivity index (χ4v) is 2.58. The Morgan fingerprint density at radius 1 is 1.30 bits per heavy atom. The van der Waals surface area contributed by atoms with Gasteiger partial charge in [-0.1, -0.05) is 18.2 Å². The van der Waals surface area contributed by atoms with Crippen LogP contribution in [0.1, 0.15) is 12.1 Å². The molecule has 1 saturated heterocycles. The number of aromatic nitrogens is 2. The number of carboxylic acids is 1. The van der Waals surface area contributed by atoms with Gasteiger partial charge >= 0.3 is 5.97 Å². The van der Waals surface area contributed by atoms with Crippen LogP contribution in [-0.2, 0) is 11.3 Å². The van der Waals surface area contributed by atoms with E-state index in [1.165, 1.54) is 0 Å². The number of carbonyl (C=O) groups is 1. The summed E-state index contributed by atoms with van der Waals surface area (Å²) in [6, 6.07) is 11.9. The molecule has 1 aromatic carbocycles. The lowest BCUT2D eigenvalue weighted by Gasteiger charge is -2.12. The van der Waals surface area contributed by atoms with Crippen LogP contribution in [0.25, 0.3) is 5.69 Å². The predicted octanol–water partition coefficient (Wildman–Crippen LogP) is 1.78. The molecule has 0 spiro atoms. The quantitative estimate of drug-likeness (QED) is 0.921. The molecule has 2 aromatic rings. The van der Waals surface area contributed by atoms with Crippen LogP contribution in [-0.4, -0.2) is 38.8 Å². The van der Waals surface area contributed by atoms with E-state index >= 15 is 0 Å². The van der Waals surface area contributed by atoms with E-state index in [0.29, 0.717) is 13.1 Å². The van der Waals surface area contributed by atoms with Crippen molar-refractivity contribution in [1.29, 1.82) is 0 Å². The van der Waals surface area contributed by atoms with Gasteiger partial charge in [-0.05, 0) is 31.2 Å². The van der Waals surface area contributed by atoms with E-state index in [0.717, 1.165) is 24.3 Å². The van der Waals surface area contributed by atoms with E-state index in [1.54, 1.807) is 0 Å². The maximum atomic E-state index is 10.9. The molecular formula is C15H17N3O2. The Kier molecular flexibility index (Phi) is 3.52. The Morgan fingerprint density at radius 2 is 2.10 bits per heavy atom. The van der Waals surface area contributed by atoms with Crippen LogP contribution < -0.4 is 0 Å². The van der Waals surface area contributed by atoms with Gasteiger partial charge in [0.05, 0.1) is 17.3 Å². The highest BCUT2D eigenvalue weighted by Gasteiger charge is 2.28. The second kappa shape index (κ2) is 5.46. The first-order valence-electron chi connectivity index (χ1n) is 6.77. The van der Waals surface area contributed by atoms with Crippen molar-refractivity contribution in [3.63, 3.8) is 0 Å². The average molecular weight is 271 g/mol. The molecule has 3 rings (SSSR count). The molecule has 1 unspecified atom stereocenters. The molecule has 0 aliphatic carbocycles. The van der Waals surface area contributed by atoms with Crippen LogP contribution in [0, 0.1) is 5.92 Å². The number of hydrogen-bond donors (Lipinski definition) is 1. The molecule has 1 aliphatic rings. The Hall–Kier alpha value is -2.14. The van der Waals surface area contributed by atoms with Gasteiger partial charge in [-0.15, -0.1) is 0 Å². The Labute approximate surface area is 117 Å². The molecule has 0 radical (unpaired) electrons. The molecule has 0 amide bonds. The fourth-order valence-electron chi connectivity index (χ4n) is 2.58. The van der Waals surface area contributed by atoms with Gasteiger partial charge in [0, 0.05) is 19.3 Å². The van der Waals surface area contributed by atoms with Gasteiger partial charge in [-0.25, -0.2) is 4.68 Å². The Bertz CT molecular complexity index is 594. The number of aliphatic carboxylic acids is 1. The molecule has 1 atom stereocenters. The zero-order valence-electron chi connectivity index (χ0n) is 11.1. The van der Waals surface area contributed by atoms with E-state index in [4.69, 9.17) is 5.11 Å². The summed E-state index contributed by atoms with van der Waals surface area (Å²) in [5, 5.41) is 13.5. The normalized spacial score (nSPS) is 19.3. The number of hydrogen-bond acceptors (Lipinski definition) is 3. The summed E-state index contributed by atoms with van der Waals surface area (Å²) in [6.45, 7) is 2.16. The summed E-state index contributed by atoms with van der Waals surface area (Å²) in [7, 11) is 0. The third kappa shape index (κ3) is 2.72. The van der Waals surface area contributed by atoms with E-state index in [-0.39, 0.29) is 5.92 Å². The molecule has 0 saturated carbocycles. The highest BCUT2D eigenvalue weighted by molar-refractivity contribution is 5.70. The minimum Gasteiger partial charge on any atom is -0.481 e. The second-order valence-corrected chi connectivity index (χ2v) is 5.15. The van der Waals surface area contributed by atoms with E-state index in [1.807, 2.05) is 47.3 Å². The van der Waals surface area contributed by atoms with Crippen molar-refractivity contribution in [2.45, 2.75) is 13.0 Å². The van der Waals surface area contributed by atoms with Crippen molar-refractivity contribution in [2.75, 3.05) is 13.1 Å². The van der Waals surface area contributed by atoms with Crippen LogP contribution in [0.2, 0.25) is 0 Å². The molecule has 1 aromatic heterocycles. The molecule has 1 fully saturated rings. The SMILES string of the molecule is O=C(O)C1CCN(Cc2ccn(-c3ccccc3)n2)C1. The summed E-state index contributed by atoms with van der Waals surface area (Å²) in [4.78, 5) is 13.1. The maximum Gasteiger partial charge on any atom is 0.307 e. The van der Waals surface area contributed by atoms with Gasteiger partial charge in [0.2, 0.25) is 0 Å². The van der Waals surface area contributed by atoms with Crippen LogP contribution in [0.3, 0.4) is 0 Å². The zero-order valence-corrected chi connectivity index (χ0v) is 11.1. The van der Waals surface area contributed by atoms with Crippen molar-refractivity contribution in [3.05, 3.63) is 48.3 Å². The molecule has 2 heterocycles. The maximum absolute atomic E-state index is 10.9. The van der Waals surface area contributed by atoms with Gasteiger partial charge in [0.15, 0.2) is 0 Å². The first-order valence-corrected chi connectivity index (χ1v) is 6.77. The van der Waals surface area contributed by atoms with Crippen LogP contribution in [0.4, 0.5) is 0 Å². The van der Waals surface area contributed by atoms with Crippen LogP contribution >= 0.6 is 0 Å². The smallest absolute Gasteiger partial charge is 0.307 e. The average Bonchev–Trinajstić information content (AvgIpc) is 3.10. The van der Waals surface area contributed by atoms with Gasteiger partial charge in [-0.2, -0.15) is 5.10 Å². The van der Waals surface area contributed by atoms with Gasteiger partial charge in [0.1, 0.15) is 0 Å².